The molecule has 0 spiro atoms. The van der Waals surface area contributed by atoms with E-state index >= 15 is 0 Å². The van der Waals surface area contributed by atoms with Gasteiger partial charge in [0.25, 0.3) is 0 Å². The Hall–Kier alpha value is -4.25. The summed E-state index contributed by atoms with van der Waals surface area (Å²) in [6.45, 7) is 3.33. The van der Waals surface area contributed by atoms with Crippen LogP contribution in [-0.4, -0.2) is 24.1 Å². The third-order valence-corrected chi connectivity index (χ3v) is 5.84. The molecule has 5 nitrogen and oxygen atoms in total. The number of benzene rings is 3. The normalized spacial score (nSPS) is 14.1. The molecule has 0 atom stereocenters. The molecule has 0 N–H and O–H groups in total. The molecule has 170 valence electrons. The summed E-state index contributed by atoms with van der Waals surface area (Å²) in [5.41, 5.74) is 3.65. The molecule has 34 heavy (non-hydrogen) atoms. The van der Waals surface area contributed by atoms with E-state index in [-0.39, 0.29) is 5.78 Å². The average Bonchev–Trinajstić information content (AvgIpc) is 3.38. The molecule has 0 fully saturated rings. The fourth-order valence-corrected chi connectivity index (χ4v) is 4.10. The second-order valence-corrected chi connectivity index (χ2v) is 7.98. The number of carbonyl (C=O) groups excluding carboxylic acids is 1. The third kappa shape index (κ3) is 4.20. The van der Waals surface area contributed by atoms with Crippen molar-refractivity contribution in [3.05, 3.63) is 101 Å². The molecule has 0 amide bonds. The van der Waals surface area contributed by atoms with Crippen molar-refractivity contribution >= 4 is 28.8 Å². The Kier molecular flexibility index (Phi) is 5.91. The van der Waals surface area contributed by atoms with Gasteiger partial charge < -0.3 is 18.8 Å². The van der Waals surface area contributed by atoms with Gasteiger partial charge in [-0.2, -0.15) is 0 Å². The van der Waals surface area contributed by atoms with Gasteiger partial charge in [0.1, 0.15) is 23.9 Å². The molecular formula is C29H25NO4. The summed E-state index contributed by atoms with van der Waals surface area (Å²) in [6.07, 6.45) is 7.80. The van der Waals surface area contributed by atoms with Crippen molar-refractivity contribution < 1.29 is 19.0 Å². The van der Waals surface area contributed by atoms with Crippen LogP contribution in [0, 0.1) is 0 Å². The number of rotatable bonds is 7. The summed E-state index contributed by atoms with van der Waals surface area (Å²) in [5.74, 6) is 2.10. The van der Waals surface area contributed by atoms with E-state index in [1.54, 1.807) is 31.4 Å². The Morgan fingerprint density at radius 3 is 2.62 bits per heavy atom. The van der Waals surface area contributed by atoms with Gasteiger partial charge in [0.15, 0.2) is 5.76 Å². The number of Topliss-reactive ketones (excluding diaryl/α,β-unsaturated/α-hetero) is 1. The monoisotopic (exact) mass is 451 g/mol. The van der Waals surface area contributed by atoms with E-state index in [2.05, 4.69) is 11.5 Å². The highest BCUT2D eigenvalue weighted by Gasteiger charge is 2.28. The van der Waals surface area contributed by atoms with Gasteiger partial charge in [-0.05, 0) is 55.0 Å². The molecule has 5 heteroatoms. The second kappa shape index (κ2) is 9.32. The molecule has 0 saturated carbocycles. The molecule has 3 aromatic carbocycles. The van der Waals surface area contributed by atoms with Gasteiger partial charge in [-0.1, -0.05) is 36.4 Å². The Balaban J connectivity index is 1.36. The highest BCUT2D eigenvalue weighted by atomic mass is 16.5. The fourth-order valence-electron chi connectivity index (χ4n) is 4.10. The topological polar surface area (TPSA) is 49.7 Å². The van der Waals surface area contributed by atoms with E-state index in [4.69, 9.17) is 14.2 Å². The average molecular weight is 452 g/mol. The van der Waals surface area contributed by atoms with Crippen molar-refractivity contribution in [3.63, 3.8) is 0 Å². The van der Waals surface area contributed by atoms with Crippen molar-refractivity contribution in [2.75, 3.05) is 13.7 Å². The number of ketones is 1. The number of methoxy groups -OCH3 is 1. The number of hydrogen-bond donors (Lipinski definition) is 0. The summed E-state index contributed by atoms with van der Waals surface area (Å²) in [6, 6.07) is 21.3. The highest BCUT2D eigenvalue weighted by molar-refractivity contribution is 6.15. The zero-order chi connectivity index (χ0) is 23.5. The molecule has 0 saturated heterocycles. The lowest BCUT2D eigenvalue weighted by Crippen LogP contribution is -1.98. The molecular weight excluding hydrogens is 426 g/mol. The van der Waals surface area contributed by atoms with E-state index in [9.17, 15) is 4.79 Å². The van der Waals surface area contributed by atoms with Crippen molar-refractivity contribution in [1.82, 2.24) is 4.57 Å². The summed E-state index contributed by atoms with van der Waals surface area (Å²) in [5, 5.41) is 1.01. The Bertz CT molecular complexity index is 1410. The van der Waals surface area contributed by atoms with Gasteiger partial charge >= 0.3 is 0 Å². The first-order chi connectivity index (χ1) is 16.7. The Labute approximate surface area is 198 Å². The number of hydrogen-bond acceptors (Lipinski definition) is 4. The third-order valence-electron chi connectivity index (χ3n) is 5.84. The van der Waals surface area contributed by atoms with Gasteiger partial charge in [-0.25, -0.2) is 0 Å². The highest BCUT2D eigenvalue weighted by Crippen LogP contribution is 2.36. The van der Waals surface area contributed by atoms with Gasteiger partial charge in [0, 0.05) is 35.3 Å². The first-order valence-corrected chi connectivity index (χ1v) is 11.3. The minimum atomic E-state index is -0.134. The van der Waals surface area contributed by atoms with Crippen molar-refractivity contribution in [2.24, 2.45) is 0 Å². The number of aromatic nitrogens is 1. The first-order valence-electron chi connectivity index (χ1n) is 11.3. The van der Waals surface area contributed by atoms with Gasteiger partial charge in [-0.3, -0.25) is 4.79 Å². The lowest BCUT2D eigenvalue weighted by atomic mass is 10.1. The van der Waals surface area contributed by atoms with Crippen LogP contribution in [0.1, 0.15) is 28.4 Å². The van der Waals surface area contributed by atoms with Crippen LogP contribution in [0.15, 0.2) is 84.8 Å². The molecule has 0 aliphatic carbocycles. The van der Waals surface area contributed by atoms with Gasteiger partial charge in [-0.15, -0.1) is 0 Å². The number of fused-ring (bicyclic) bond motifs is 2. The Morgan fingerprint density at radius 2 is 1.82 bits per heavy atom. The smallest absolute Gasteiger partial charge is 0.231 e. The van der Waals surface area contributed by atoms with E-state index < -0.39 is 0 Å². The molecule has 5 rings (SSSR count). The van der Waals surface area contributed by atoms with Gasteiger partial charge in [0.2, 0.25) is 5.78 Å². The summed E-state index contributed by atoms with van der Waals surface area (Å²) >= 11 is 0. The van der Waals surface area contributed by atoms with E-state index in [0.717, 1.165) is 34.3 Å². The first kappa shape index (κ1) is 21.6. The predicted octanol–water partition coefficient (Wildman–Crippen LogP) is 6.38. The lowest BCUT2D eigenvalue weighted by Gasteiger charge is -2.04. The number of allylic oxidation sites excluding steroid dienone is 1. The van der Waals surface area contributed by atoms with Crippen LogP contribution >= 0.6 is 0 Å². The number of ether oxygens (including phenoxy) is 3. The maximum absolute atomic E-state index is 13.0. The number of aryl methyl sites for hydroxylation is 1. The van der Waals surface area contributed by atoms with E-state index in [1.807, 2.05) is 66.9 Å². The molecule has 0 radical (unpaired) electrons. The van der Waals surface area contributed by atoms with Crippen molar-refractivity contribution in [3.8, 4) is 17.2 Å². The lowest BCUT2D eigenvalue weighted by molar-refractivity contribution is 0.101. The van der Waals surface area contributed by atoms with Crippen LogP contribution in [0.2, 0.25) is 0 Å². The predicted molar refractivity (Wildman–Crippen MR) is 135 cm³/mol. The molecule has 4 aromatic rings. The summed E-state index contributed by atoms with van der Waals surface area (Å²) in [4.78, 5) is 13.0. The maximum atomic E-state index is 13.0. The summed E-state index contributed by atoms with van der Waals surface area (Å²) in [7, 11) is 1.65. The van der Waals surface area contributed by atoms with Gasteiger partial charge in [0.05, 0.1) is 12.7 Å². The Morgan fingerprint density at radius 1 is 1.00 bits per heavy atom. The number of carbonyl (C=O) groups is 1. The van der Waals surface area contributed by atoms with Crippen LogP contribution in [0.5, 0.6) is 17.2 Å². The molecule has 2 heterocycles. The van der Waals surface area contributed by atoms with Crippen molar-refractivity contribution in [2.45, 2.75) is 13.5 Å². The van der Waals surface area contributed by atoms with Crippen LogP contribution in [-0.2, 0) is 6.54 Å². The largest absolute Gasteiger partial charge is 0.497 e. The van der Waals surface area contributed by atoms with Crippen LogP contribution in [0.4, 0.5) is 0 Å². The van der Waals surface area contributed by atoms with E-state index in [0.29, 0.717) is 29.4 Å². The molecule has 1 aromatic heterocycles. The minimum absolute atomic E-state index is 0.134. The maximum Gasteiger partial charge on any atom is 0.231 e. The fraction of sp³-hybridized carbons (Fsp3) is 0.138. The SMILES string of the molecule is CCn1cc(/C=C2\Oc3cc(OC/C=C/c4ccccc4)ccc3C2=O)c2cc(OC)ccc21. The zero-order valence-electron chi connectivity index (χ0n) is 19.2. The van der Waals surface area contributed by atoms with Crippen LogP contribution < -0.4 is 14.2 Å². The quantitative estimate of drug-likeness (QED) is 0.306. The summed E-state index contributed by atoms with van der Waals surface area (Å²) < 4.78 is 19.3. The van der Waals surface area contributed by atoms with Crippen molar-refractivity contribution in [1.29, 1.82) is 0 Å². The van der Waals surface area contributed by atoms with E-state index in [1.165, 1.54) is 0 Å². The second-order valence-electron chi connectivity index (χ2n) is 7.98. The van der Waals surface area contributed by atoms with Crippen LogP contribution in [0.3, 0.4) is 0 Å². The molecule has 1 aliphatic heterocycles. The standard InChI is InChI=1S/C29H25NO4/c1-3-30-19-21(25-17-22(32-2)12-14-26(25)30)16-28-29(31)24-13-11-23(18-27(24)34-28)33-15-7-10-20-8-5-4-6-9-20/h4-14,16-19H,3,15H2,1-2H3/b10-7+,28-16-. The molecule has 1 aliphatic rings. The van der Waals surface area contributed by atoms with Crippen LogP contribution in [0.25, 0.3) is 23.1 Å². The zero-order valence-corrected chi connectivity index (χ0v) is 19.2. The minimum Gasteiger partial charge on any atom is -0.497 e. The number of nitrogens with zero attached hydrogens (tertiary/aromatic N) is 1. The molecule has 0 unspecified atom stereocenters. The molecule has 0 bridgehead atoms.